The van der Waals surface area contributed by atoms with Crippen molar-refractivity contribution < 1.29 is 27.9 Å². The Kier molecular flexibility index (Phi) is 10.5. The molecule has 3 aromatic rings. The third-order valence-electron chi connectivity index (χ3n) is 9.80. The molecule has 2 saturated heterocycles. The molecule has 0 bridgehead atoms. The monoisotopic (exact) mass is 674 g/mol. The molecule has 3 aliphatic rings. The molecule has 1 aliphatic carbocycles. The molecule has 2 aromatic carbocycles. The van der Waals surface area contributed by atoms with Gasteiger partial charge in [-0.15, -0.1) is 0 Å². The number of carbonyl (C=O) groups is 3. The van der Waals surface area contributed by atoms with E-state index in [9.17, 15) is 18.8 Å². The lowest BCUT2D eigenvalue weighted by molar-refractivity contribution is -0.148. The van der Waals surface area contributed by atoms with Gasteiger partial charge in [-0.3, -0.25) is 14.4 Å². The van der Waals surface area contributed by atoms with Crippen LogP contribution < -0.4 is 15.5 Å². The van der Waals surface area contributed by atoms with Crippen LogP contribution in [-0.2, 0) is 14.3 Å². The number of halogens is 2. The molecule has 10 nitrogen and oxygen atoms in total. The zero-order valence-electron chi connectivity index (χ0n) is 28.3. The van der Waals surface area contributed by atoms with Crippen molar-refractivity contribution in [1.82, 2.24) is 25.4 Å². The van der Waals surface area contributed by atoms with Gasteiger partial charge in [0.1, 0.15) is 23.4 Å². The van der Waals surface area contributed by atoms with E-state index >= 15 is 4.39 Å². The number of pyridine rings is 1. The van der Waals surface area contributed by atoms with Crippen molar-refractivity contribution in [2.45, 2.75) is 50.7 Å². The molecule has 1 aromatic heterocycles. The van der Waals surface area contributed by atoms with Crippen molar-refractivity contribution in [3.05, 3.63) is 77.0 Å². The molecule has 3 heterocycles. The highest BCUT2D eigenvalue weighted by atomic mass is 19.1. The second-order valence-electron chi connectivity index (χ2n) is 13.4. The number of likely N-dealkylation sites (tertiary alicyclic amines) is 1. The Morgan fingerprint density at radius 1 is 1.06 bits per heavy atom. The predicted molar refractivity (Wildman–Crippen MR) is 184 cm³/mol. The maximum atomic E-state index is 15.8. The molecule has 0 radical (unpaired) electrons. The third-order valence-corrected chi connectivity index (χ3v) is 9.80. The molecule has 2 aliphatic heterocycles. The zero-order chi connectivity index (χ0) is 34.7. The Morgan fingerprint density at radius 3 is 2.59 bits per heavy atom. The molecule has 12 heteroatoms. The van der Waals surface area contributed by atoms with Gasteiger partial charge >= 0.3 is 0 Å². The summed E-state index contributed by atoms with van der Waals surface area (Å²) >= 11 is 0. The van der Waals surface area contributed by atoms with Gasteiger partial charge in [-0.25, -0.2) is 13.8 Å². The summed E-state index contributed by atoms with van der Waals surface area (Å²) in [5, 5.41) is 6.13. The van der Waals surface area contributed by atoms with Gasteiger partial charge in [0.2, 0.25) is 11.8 Å². The van der Waals surface area contributed by atoms with Crippen LogP contribution in [0.3, 0.4) is 0 Å². The minimum atomic E-state index is -0.931. The van der Waals surface area contributed by atoms with Crippen molar-refractivity contribution in [2.24, 2.45) is 5.92 Å². The first-order valence-corrected chi connectivity index (χ1v) is 17.0. The van der Waals surface area contributed by atoms with Gasteiger partial charge in [-0.05, 0) is 106 Å². The fourth-order valence-electron chi connectivity index (χ4n) is 6.57. The van der Waals surface area contributed by atoms with Gasteiger partial charge in [0.25, 0.3) is 5.91 Å². The number of morpholine rings is 1. The summed E-state index contributed by atoms with van der Waals surface area (Å²) in [5.41, 5.74) is 2.57. The normalized spacial score (nSPS) is 19.6. The maximum Gasteiger partial charge on any atom is 0.270 e. The standard InChI is InChI=1S/C37H44F2N6O4/c1-23(29-20-30(39)33(19-25(29)7-6-24-4-5-24)44(3)28-12-14-43(2)15-13-28)41-37(48)34-22-49-17-16-45(34)35(46)21-40-36(47)32-10-8-26-18-27(38)9-11-31(26)42-32/h6-11,18-20,23-24,28,34H,4-5,12-17,21-22H2,1-3H3,(H,40,47)(H,41,48)/b7-6+/t23-,34-/m0/s1. The van der Waals surface area contributed by atoms with Gasteiger partial charge in [0, 0.05) is 25.0 Å². The Balaban J connectivity index is 1.12. The Morgan fingerprint density at radius 2 is 1.84 bits per heavy atom. The first-order chi connectivity index (χ1) is 23.6. The second kappa shape index (κ2) is 15.0. The molecule has 2 N–H and O–H groups in total. The van der Waals surface area contributed by atoms with Crippen molar-refractivity contribution in [3.63, 3.8) is 0 Å². The molecule has 1 saturated carbocycles. The van der Waals surface area contributed by atoms with Gasteiger partial charge in [0.15, 0.2) is 0 Å². The number of benzene rings is 2. The van der Waals surface area contributed by atoms with Gasteiger partial charge in [-0.1, -0.05) is 18.2 Å². The van der Waals surface area contributed by atoms with Crippen molar-refractivity contribution in [1.29, 1.82) is 0 Å². The molecular weight excluding hydrogens is 630 g/mol. The lowest BCUT2D eigenvalue weighted by Crippen LogP contribution is -2.57. The SMILES string of the molecule is C[C@H](NC(=O)[C@@H]1COCCN1C(=O)CNC(=O)c1ccc2cc(F)ccc2n1)c1cc(F)c(N(C)C2CCN(C)CC2)cc1/C=C/C1CC1. The zero-order valence-corrected chi connectivity index (χ0v) is 28.3. The maximum absolute atomic E-state index is 15.8. The number of nitrogens with one attached hydrogen (secondary N) is 2. The number of ether oxygens (including phenoxy) is 1. The highest BCUT2D eigenvalue weighted by molar-refractivity contribution is 5.97. The van der Waals surface area contributed by atoms with E-state index in [2.05, 4.69) is 33.6 Å². The van der Waals surface area contributed by atoms with Crippen LogP contribution in [0, 0.1) is 17.6 Å². The van der Waals surface area contributed by atoms with Crippen molar-refractivity contribution in [3.8, 4) is 0 Å². The first-order valence-electron chi connectivity index (χ1n) is 17.0. The van der Waals surface area contributed by atoms with E-state index in [0.29, 0.717) is 28.1 Å². The average Bonchev–Trinajstić information content (AvgIpc) is 3.94. The van der Waals surface area contributed by atoms with Crippen LogP contribution >= 0.6 is 0 Å². The van der Waals surface area contributed by atoms with E-state index in [0.717, 1.165) is 44.3 Å². The van der Waals surface area contributed by atoms with Crippen LogP contribution in [-0.4, -0.2) is 98.1 Å². The third kappa shape index (κ3) is 8.25. The summed E-state index contributed by atoms with van der Waals surface area (Å²) < 4.78 is 34.9. The molecule has 6 rings (SSSR count). The van der Waals surface area contributed by atoms with E-state index in [1.807, 2.05) is 31.0 Å². The van der Waals surface area contributed by atoms with Crippen LogP contribution in [0.5, 0.6) is 0 Å². The van der Waals surface area contributed by atoms with E-state index < -0.39 is 35.6 Å². The number of aromatic nitrogens is 1. The lowest BCUT2D eigenvalue weighted by atomic mass is 9.97. The van der Waals surface area contributed by atoms with Crippen LogP contribution in [0.15, 0.2) is 48.5 Å². The smallest absolute Gasteiger partial charge is 0.270 e. The Hall–Kier alpha value is -4.42. The van der Waals surface area contributed by atoms with Gasteiger partial charge in [0.05, 0.1) is 37.0 Å². The summed E-state index contributed by atoms with van der Waals surface area (Å²) in [7, 11) is 4.05. The van der Waals surface area contributed by atoms with E-state index in [1.165, 1.54) is 35.2 Å². The summed E-state index contributed by atoms with van der Waals surface area (Å²) in [6.07, 6.45) is 8.37. The van der Waals surface area contributed by atoms with E-state index in [1.54, 1.807) is 6.07 Å². The van der Waals surface area contributed by atoms with E-state index in [-0.39, 0.29) is 43.9 Å². The molecule has 0 unspecified atom stereocenters. The number of hydrogen-bond acceptors (Lipinski definition) is 7. The number of amides is 3. The Labute approximate surface area is 285 Å². The number of anilines is 1. The lowest BCUT2D eigenvalue weighted by Gasteiger charge is -2.37. The topological polar surface area (TPSA) is 107 Å². The molecule has 3 fully saturated rings. The molecule has 0 spiro atoms. The number of piperidine rings is 1. The van der Waals surface area contributed by atoms with Crippen molar-refractivity contribution >= 4 is 40.4 Å². The number of nitrogens with zero attached hydrogens (tertiary/aromatic N) is 4. The Bertz CT molecular complexity index is 1740. The molecule has 260 valence electrons. The van der Waals surface area contributed by atoms with E-state index in [4.69, 9.17) is 4.74 Å². The van der Waals surface area contributed by atoms with Crippen molar-refractivity contribution in [2.75, 3.05) is 58.4 Å². The van der Waals surface area contributed by atoms with Crippen LogP contribution in [0.4, 0.5) is 14.5 Å². The predicted octanol–water partition coefficient (Wildman–Crippen LogP) is 4.30. The fourth-order valence-corrected chi connectivity index (χ4v) is 6.57. The first kappa shape index (κ1) is 34.4. The van der Waals surface area contributed by atoms with Crippen LogP contribution in [0.1, 0.15) is 60.3 Å². The summed E-state index contributed by atoms with van der Waals surface area (Å²) in [4.78, 5) is 49.8. The number of fused-ring (bicyclic) bond motifs is 1. The number of allylic oxidation sites excluding steroid dienone is 1. The summed E-state index contributed by atoms with van der Waals surface area (Å²) in [5.74, 6) is -1.69. The largest absolute Gasteiger partial charge is 0.377 e. The van der Waals surface area contributed by atoms with Crippen LogP contribution in [0.25, 0.3) is 17.0 Å². The summed E-state index contributed by atoms with van der Waals surface area (Å²) in [6.45, 7) is 3.79. The highest BCUT2D eigenvalue weighted by Gasteiger charge is 2.34. The fraction of sp³-hybridized carbons (Fsp3) is 0.459. The minimum absolute atomic E-state index is 0.00978. The van der Waals surface area contributed by atoms with Crippen LogP contribution in [0.2, 0.25) is 0 Å². The average molecular weight is 675 g/mol. The molecule has 2 atom stereocenters. The highest BCUT2D eigenvalue weighted by Crippen LogP contribution is 2.34. The molecule has 49 heavy (non-hydrogen) atoms. The molecular formula is C37H44F2N6O4. The second-order valence-corrected chi connectivity index (χ2v) is 13.4. The number of hydrogen-bond donors (Lipinski definition) is 2. The van der Waals surface area contributed by atoms with Gasteiger partial charge in [-0.2, -0.15) is 0 Å². The molecule has 3 amide bonds. The number of carbonyl (C=O) groups excluding carboxylic acids is 3. The minimum Gasteiger partial charge on any atom is -0.377 e. The number of rotatable bonds is 10. The summed E-state index contributed by atoms with van der Waals surface area (Å²) in [6, 6.07) is 9.27. The van der Waals surface area contributed by atoms with Gasteiger partial charge < -0.3 is 30.1 Å². The quantitative estimate of drug-likeness (QED) is 0.331.